The van der Waals surface area contributed by atoms with Crippen LogP contribution in [-0.4, -0.2) is 18.0 Å². The van der Waals surface area contributed by atoms with E-state index in [1.165, 1.54) is 16.2 Å². The molecule has 0 amide bonds. The lowest BCUT2D eigenvalue weighted by Crippen LogP contribution is -2.24. The second-order valence-electron chi connectivity index (χ2n) is 5.05. The summed E-state index contributed by atoms with van der Waals surface area (Å²) in [5.41, 5.74) is 3.64. The largest absolute Gasteiger partial charge is 0.265 e. The number of anilines is 1. The molecular formula is C16H13ClN2S. The molecule has 4 rings (SSSR count). The summed E-state index contributed by atoms with van der Waals surface area (Å²) in [7, 11) is 0. The molecule has 1 unspecified atom stereocenters. The van der Waals surface area contributed by atoms with Crippen LogP contribution in [0.25, 0.3) is 0 Å². The number of hydrazone groups is 1. The van der Waals surface area contributed by atoms with Gasteiger partial charge in [0.2, 0.25) is 0 Å². The average Bonchev–Trinajstić information content (AvgIpc) is 2.92. The number of nitrogens with zero attached hydrogens (tertiary/aromatic N) is 2. The summed E-state index contributed by atoms with van der Waals surface area (Å²) in [5, 5.41) is 7.70. The highest BCUT2D eigenvalue weighted by atomic mass is 35.5. The van der Waals surface area contributed by atoms with E-state index in [1.54, 1.807) is 0 Å². The second-order valence-corrected chi connectivity index (χ2v) is 6.55. The van der Waals surface area contributed by atoms with Crippen molar-refractivity contribution in [1.29, 1.82) is 0 Å². The smallest absolute Gasteiger partial charge is 0.0750 e. The van der Waals surface area contributed by atoms with Gasteiger partial charge in [0.1, 0.15) is 0 Å². The molecule has 20 heavy (non-hydrogen) atoms. The predicted octanol–water partition coefficient (Wildman–Crippen LogP) is 4.29. The Hall–Kier alpha value is -1.45. The van der Waals surface area contributed by atoms with Crippen molar-refractivity contribution in [2.24, 2.45) is 11.0 Å². The zero-order chi connectivity index (χ0) is 13.5. The molecule has 0 aromatic heterocycles. The molecule has 0 saturated heterocycles. The van der Waals surface area contributed by atoms with Crippen molar-refractivity contribution in [2.45, 2.75) is 4.90 Å². The van der Waals surface area contributed by atoms with Crippen LogP contribution in [0.1, 0.15) is 5.56 Å². The first kappa shape index (κ1) is 12.3. The average molecular weight is 301 g/mol. The Morgan fingerprint density at radius 3 is 2.75 bits per heavy atom. The number of hydrogen-bond donors (Lipinski definition) is 0. The molecule has 0 radical (unpaired) electrons. The topological polar surface area (TPSA) is 15.6 Å². The Bertz CT molecular complexity index is 681. The van der Waals surface area contributed by atoms with Crippen LogP contribution in [-0.2, 0) is 0 Å². The van der Waals surface area contributed by atoms with Crippen LogP contribution in [0.2, 0.25) is 5.02 Å². The van der Waals surface area contributed by atoms with Crippen LogP contribution in [0.5, 0.6) is 0 Å². The van der Waals surface area contributed by atoms with Crippen molar-refractivity contribution in [3.63, 3.8) is 0 Å². The van der Waals surface area contributed by atoms with Crippen LogP contribution in [0.4, 0.5) is 5.69 Å². The van der Waals surface area contributed by atoms with E-state index >= 15 is 0 Å². The molecular weight excluding hydrogens is 288 g/mol. The summed E-state index contributed by atoms with van der Waals surface area (Å²) in [6.45, 7) is 0.957. The van der Waals surface area contributed by atoms with E-state index < -0.39 is 0 Å². The number of hydrogen-bond acceptors (Lipinski definition) is 3. The van der Waals surface area contributed by atoms with Crippen molar-refractivity contribution in [2.75, 3.05) is 17.3 Å². The quantitative estimate of drug-likeness (QED) is 0.781. The van der Waals surface area contributed by atoms with E-state index in [0.717, 1.165) is 23.0 Å². The van der Waals surface area contributed by atoms with Crippen LogP contribution in [0.3, 0.4) is 0 Å². The second kappa shape index (κ2) is 4.83. The summed E-state index contributed by atoms with van der Waals surface area (Å²) in [6.07, 6.45) is 0. The van der Waals surface area contributed by atoms with Crippen molar-refractivity contribution in [1.82, 2.24) is 0 Å². The van der Waals surface area contributed by atoms with Crippen molar-refractivity contribution < 1.29 is 0 Å². The number of halogens is 1. The summed E-state index contributed by atoms with van der Waals surface area (Å²) < 4.78 is 0. The molecule has 2 aromatic rings. The highest BCUT2D eigenvalue weighted by molar-refractivity contribution is 7.99. The van der Waals surface area contributed by atoms with Crippen LogP contribution >= 0.6 is 23.4 Å². The zero-order valence-electron chi connectivity index (χ0n) is 10.8. The summed E-state index contributed by atoms with van der Waals surface area (Å²) in [6, 6.07) is 16.4. The Kier molecular flexibility index (Phi) is 2.97. The van der Waals surface area contributed by atoms with E-state index in [2.05, 4.69) is 29.3 Å². The molecule has 0 fully saturated rings. The first-order chi connectivity index (χ1) is 9.81. The maximum absolute atomic E-state index is 5.95. The Labute approximate surface area is 127 Å². The maximum Gasteiger partial charge on any atom is 0.0750 e. The van der Waals surface area contributed by atoms with Gasteiger partial charge in [-0.2, -0.15) is 5.10 Å². The molecule has 2 aromatic carbocycles. The molecule has 0 bridgehead atoms. The van der Waals surface area contributed by atoms with E-state index in [1.807, 2.05) is 36.0 Å². The minimum absolute atomic E-state index is 0.519. The molecule has 100 valence electrons. The number of benzene rings is 2. The van der Waals surface area contributed by atoms with Gasteiger partial charge in [0.25, 0.3) is 0 Å². The SMILES string of the molecule is Clc1ccc(N2CC3CSc4ccccc4C3=N2)cc1. The summed E-state index contributed by atoms with van der Waals surface area (Å²) >= 11 is 7.89. The molecule has 2 aliphatic rings. The molecule has 2 heterocycles. The highest BCUT2D eigenvalue weighted by Gasteiger charge is 2.33. The van der Waals surface area contributed by atoms with Gasteiger partial charge in [-0.1, -0.05) is 29.8 Å². The maximum atomic E-state index is 5.95. The number of rotatable bonds is 1. The minimum atomic E-state index is 0.519. The van der Waals surface area contributed by atoms with Gasteiger partial charge in [0.15, 0.2) is 0 Å². The lowest BCUT2D eigenvalue weighted by molar-refractivity contribution is 0.781. The molecule has 0 N–H and O–H groups in total. The van der Waals surface area contributed by atoms with Gasteiger partial charge in [0, 0.05) is 27.2 Å². The lowest BCUT2D eigenvalue weighted by atomic mass is 9.98. The summed E-state index contributed by atoms with van der Waals surface area (Å²) in [5.74, 6) is 1.63. The lowest BCUT2D eigenvalue weighted by Gasteiger charge is -2.20. The van der Waals surface area contributed by atoms with E-state index in [0.29, 0.717) is 5.92 Å². The van der Waals surface area contributed by atoms with Gasteiger partial charge in [-0.05, 0) is 30.3 Å². The van der Waals surface area contributed by atoms with E-state index in [9.17, 15) is 0 Å². The first-order valence-corrected chi connectivity index (χ1v) is 8.01. The normalized spacial score (nSPS) is 20.4. The van der Waals surface area contributed by atoms with E-state index in [4.69, 9.17) is 16.7 Å². The third-order valence-corrected chi connectivity index (χ3v) is 5.22. The van der Waals surface area contributed by atoms with Gasteiger partial charge in [-0.3, -0.25) is 5.01 Å². The van der Waals surface area contributed by atoms with E-state index in [-0.39, 0.29) is 0 Å². The standard InChI is InChI=1S/C16H13ClN2S/c17-12-5-7-13(8-6-12)19-9-11-10-20-15-4-2-1-3-14(15)16(11)18-19/h1-8,11H,9-10H2. The zero-order valence-corrected chi connectivity index (χ0v) is 12.4. The molecule has 0 aliphatic carbocycles. The summed E-state index contributed by atoms with van der Waals surface area (Å²) in [4.78, 5) is 1.35. The van der Waals surface area contributed by atoms with Crippen LogP contribution < -0.4 is 5.01 Å². The number of thioether (sulfide) groups is 1. The fraction of sp³-hybridized carbons (Fsp3) is 0.188. The molecule has 2 nitrogen and oxygen atoms in total. The van der Waals surface area contributed by atoms with Gasteiger partial charge in [-0.15, -0.1) is 11.8 Å². The Balaban J connectivity index is 1.72. The fourth-order valence-corrected chi connectivity index (χ4v) is 4.00. The molecule has 1 atom stereocenters. The van der Waals surface area contributed by atoms with Crippen molar-refractivity contribution in [3.05, 3.63) is 59.1 Å². The Morgan fingerprint density at radius 1 is 1.10 bits per heavy atom. The van der Waals surface area contributed by atoms with Gasteiger partial charge in [-0.25, -0.2) is 0 Å². The molecule has 2 aliphatic heterocycles. The van der Waals surface area contributed by atoms with Gasteiger partial charge in [0.05, 0.1) is 17.9 Å². The minimum Gasteiger partial charge on any atom is -0.265 e. The van der Waals surface area contributed by atoms with Crippen molar-refractivity contribution >= 4 is 34.8 Å². The fourth-order valence-electron chi connectivity index (χ4n) is 2.72. The number of fused-ring (bicyclic) bond motifs is 3. The highest BCUT2D eigenvalue weighted by Crippen LogP contribution is 2.37. The van der Waals surface area contributed by atoms with Crippen molar-refractivity contribution in [3.8, 4) is 0 Å². The first-order valence-electron chi connectivity index (χ1n) is 6.65. The van der Waals surface area contributed by atoms with Crippen LogP contribution in [0, 0.1) is 5.92 Å². The van der Waals surface area contributed by atoms with Gasteiger partial charge < -0.3 is 0 Å². The molecule has 0 spiro atoms. The van der Waals surface area contributed by atoms with Gasteiger partial charge >= 0.3 is 0 Å². The van der Waals surface area contributed by atoms with Crippen LogP contribution in [0.15, 0.2) is 58.5 Å². The predicted molar refractivity (Wildman–Crippen MR) is 86.0 cm³/mol. The third kappa shape index (κ3) is 2.02. The third-order valence-electron chi connectivity index (χ3n) is 3.74. The molecule has 0 saturated carbocycles. The Morgan fingerprint density at radius 2 is 1.90 bits per heavy atom. The molecule has 4 heteroatoms. The monoisotopic (exact) mass is 300 g/mol.